The van der Waals surface area contributed by atoms with Gasteiger partial charge in [0.05, 0.1) is 0 Å². The van der Waals surface area contributed by atoms with E-state index >= 15 is 0 Å². The van der Waals surface area contributed by atoms with Crippen LogP contribution >= 0.6 is 0 Å². The molecule has 0 fully saturated rings. The zero-order valence-electron chi connectivity index (χ0n) is 8.49. The van der Waals surface area contributed by atoms with Gasteiger partial charge in [-0.05, 0) is 25.2 Å². The van der Waals surface area contributed by atoms with E-state index in [9.17, 15) is 12.8 Å². The Kier molecular flexibility index (Phi) is 4.01. The Morgan fingerprint density at radius 1 is 1.50 bits per heavy atom. The molecule has 1 aromatic carbocycles. The van der Waals surface area contributed by atoms with Crippen molar-refractivity contribution < 1.29 is 17.9 Å². The van der Waals surface area contributed by atoms with E-state index in [0.717, 1.165) is 12.1 Å². The number of rotatable bonds is 2. The molecule has 6 heteroatoms. The first-order valence-electron chi connectivity index (χ1n) is 4.34. The molecule has 0 unspecified atom stereocenters. The minimum absolute atomic E-state index is 0.307. The van der Waals surface area contributed by atoms with Crippen molar-refractivity contribution >= 4 is 10.0 Å². The SMILES string of the molecule is CNS(=O)(=O)c1ccc(C#CCO)cc1F. The fraction of sp³-hybridized carbons (Fsp3) is 0.200. The van der Waals surface area contributed by atoms with Gasteiger partial charge in [0.1, 0.15) is 17.3 Å². The summed E-state index contributed by atoms with van der Waals surface area (Å²) in [4.78, 5) is -0.426. The fourth-order valence-corrected chi connectivity index (χ4v) is 1.83. The summed E-state index contributed by atoms with van der Waals surface area (Å²) in [5, 5.41) is 8.45. The second-order valence-electron chi connectivity index (χ2n) is 2.81. The lowest BCUT2D eigenvalue weighted by Crippen LogP contribution is -2.19. The van der Waals surface area contributed by atoms with Gasteiger partial charge >= 0.3 is 0 Å². The number of nitrogens with one attached hydrogen (secondary N) is 1. The smallest absolute Gasteiger partial charge is 0.243 e. The summed E-state index contributed by atoms with van der Waals surface area (Å²) < 4.78 is 38.1. The number of aliphatic hydroxyl groups is 1. The molecule has 1 aromatic rings. The molecule has 16 heavy (non-hydrogen) atoms. The van der Waals surface area contributed by atoms with E-state index in [0.29, 0.717) is 5.56 Å². The molecular formula is C10H10FNO3S. The van der Waals surface area contributed by atoms with Crippen LogP contribution in [0.15, 0.2) is 23.1 Å². The molecule has 1 rings (SSSR count). The molecular weight excluding hydrogens is 233 g/mol. The van der Waals surface area contributed by atoms with Gasteiger partial charge in [-0.1, -0.05) is 11.8 Å². The summed E-state index contributed by atoms with van der Waals surface area (Å²) in [6, 6.07) is 3.51. The van der Waals surface area contributed by atoms with Crippen LogP contribution in [0.1, 0.15) is 5.56 Å². The maximum atomic E-state index is 13.4. The molecule has 4 nitrogen and oxygen atoms in total. The Bertz CT molecular complexity index is 543. The average molecular weight is 243 g/mol. The maximum absolute atomic E-state index is 13.4. The Labute approximate surface area is 93.2 Å². The first-order valence-corrected chi connectivity index (χ1v) is 5.82. The Morgan fingerprint density at radius 2 is 2.19 bits per heavy atom. The van der Waals surface area contributed by atoms with Crippen molar-refractivity contribution in [3.05, 3.63) is 29.6 Å². The maximum Gasteiger partial charge on any atom is 0.243 e. The standard InChI is InChI=1S/C10H10FNO3S/c1-12-16(14,15)10-5-4-8(3-2-6-13)7-9(10)11/h4-5,7,12-13H,6H2,1H3. The van der Waals surface area contributed by atoms with Crippen molar-refractivity contribution in [3.8, 4) is 11.8 Å². The monoisotopic (exact) mass is 243 g/mol. The summed E-state index contributed by atoms with van der Waals surface area (Å²) in [5.41, 5.74) is 0.307. The van der Waals surface area contributed by atoms with Crippen LogP contribution in [0.25, 0.3) is 0 Å². The Balaban J connectivity index is 3.20. The van der Waals surface area contributed by atoms with Crippen LogP contribution in [-0.4, -0.2) is 27.2 Å². The second kappa shape index (κ2) is 5.07. The van der Waals surface area contributed by atoms with Crippen LogP contribution in [-0.2, 0) is 10.0 Å². The highest BCUT2D eigenvalue weighted by Gasteiger charge is 2.16. The van der Waals surface area contributed by atoms with Gasteiger partial charge in [0.25, 0.3) is 0 Å². The van der Waals surface area contributed by atoms with Gasteiger partial charge in [0, 0.05) is 5.56 Å². The highest BCUT2D eigenvalue weighted by molar-refractivity contribution is 7.89. The summed E-state index contributed by atoms with van der Waals surface area (Å²) in [5.74, 6) is 3.94. The van der Waals surface area contributed by atoms with Crippen molar-refractivity contribution in [1.29, 1.82) is 0 Å². The van der Waals surface area contributed by atoms with Crippen molar-refractivity contribution in [2.45, 2.75) is 4.90 Å². The predicted octanol–water partition coefficient (Wildman–Crippen LogP) is 0.0776. The molecule has 0 amide bonds. The van der Waals surface area contributed by atoms with Crippen LogP contribution in [0.4, 0.5) is 4.39 Å². The van der Waals surface area contributed by atoms with Crippen LogP contribution in [0.5, 0.6) is 0 Å². The molecule has 0 saturated heterocycles. The van der Waals surface area contributed by atoms with E-state index in [1.54, 1.807) is 0 Å². The number of hydrogen-bond donors (Lipinski definition) is 2. The third-order valence-electron chi connectivity index (χ3n) is 1.80. The topological polar surface area (TPSA) is 66.4 Å². The van der Waals surface area contributed by atoms with Crippen LogP contribution in [0, 0.1) is 17.7 Å². The molecule has 0 radical (unpaired) electrons. The molecule has 2 N–H and O–H groups in total. The van der Waals surface area contributed by atoms with Gasteiger partial charge in [-0.25, -0.2) is 17.5 Å². The Hall–Kier alpha value is -1.42. The second-order valence-corrected chi connectivity index (χ2v) is 4.67. The molecule has 0 heterocycles. The molecule has 0 aliphatic heterocycles. The number of benzene rings is 1. The minimum atomic E-state index is -3.79. The lowest BCUT2D eigenvalue weighted by molar-refractivity contribution is 0.350. The van der Waals surface area contributed by atoms with Gasteiger partial charge in [0.2, 0.25) is 10.0 Å². The molecule has 0 bridgehead atoms. The fourth-order valence-electron chi connectivity index (χ4n) is 1.05. The van der Waals surface area contributed by atoms with Crippen molar-refractivity contribution in [1.82, 2.24) is 4.72 Å². The zero-order chi connectivity index (χ0) is 12.2. The van der Waals surface area contributed by atoms with E-state index in [2.05, 4.69) is 11.8 Å². The van der Waals surface area contributed by atoms with Gasteiger partial charge < -0.3 is 5.11 Å². The molecule has 0 saturated carbocycles. The first-order chi connectivity index (χ1) is 7.51. The van der Waals surface area contributed by atoms with E-state index in [1.807, 2.05) is 4.72 Å². The number of sulfonamides is 1. The zero-order valence-corrected chi connectivity index (χ0v) is 9.31. The third kappa shape index (κ3) is 2.79. The quantitative estimate of drug-likeness (QED) is 0.723. The van der Waals surface area contributed by atoms with Gasteiger partial charge in [-0.3, -0.25) is 0 Å². The summed E-state index contributed by atoms with van der Waals surface area (Å²) >= 11 is 0. The highest BCUT2D eigenvalue weighted by atomic mass is 32.2. The predicted molar refractivity (Wildman–Crippen MR) is 56.6 cm³/mol. The van der Waals surface area contributed by atoms with Gasteiger partial charge in [-0.2, -0.15) is 0 Å². The highest BCUT2D eigenvalue weighted by Crippen LogP contribution is 2.15. The summed E-state index contributed by atoms with van der Waals surface area (Å²) in [7, 11) is -2.59. The molecule has 0 aromatic heterocycles. The molecule has 0 aliphatic rings. The van der Waals surface area contributed by atoms with Crippen molar-refractivity contribution in [2.24, 2.45) is 0 Å². The largest absolute Gasteiger partial charge is 0.384 e. The molecule has 0 spiro atoms. The van der Waals surface area contributed by atoms with E-state index in [4.69, 9.17) is 5.11 Å². The number of aliphatic hydroxyl groups excluding tert-OH is 1. The summed E-state index contributed by atoms with van der Waals surface area (Å²) in [6.45, 7) is -0.335. The number of hydrogen-bond acceptors (Lipinski definition) is 3. The third-order valence-corrected chi connectivity index (χ3v) is 3.25. The van der Waals surface area contributed by atoms with E-state index in [-0.39, 0.29) is 6.61 Å². The molecule has 0 aliphatic carbocycles. The average Bonchev–Trinajstić information content (AvgIpc) is 2.26. The normalized spacial score (nSPS) is 10.7. The minimum Gasteiger partial charge on any atom is -0.384 e. The lowest BCUT2D eigenvalue weighted by atomic mass is 10.2. The Morgan fingerprint density at radius 3 is 2.69 bits per heavy atom. The number of halogens is 1. The van der Waals surface area contributed by atoms with Crippen molar-refractivity contribution in [3.63, 3.8) is 0 Å². The first kappa shape index (κ1) is 12.6. The van der Waals surface area contributed by atoms with Crippen molar-refractivity contribution in [2.75, 3.05) is 13.7 Å². The van der Waals surface area contributed by atoms with Gasteiger partial charge in [0.15, 0.2) is 0 Å². The van der Waals surface area contributed by atoms with Crippen LogP contribution in [0.3, 0.4) is 0 Å². The van der Waals surface area contributed by atoms with E-state index < -0.39 is 20.7 Å². The van der Waals surface area contributed by atoms with E-state index in [1.165, 1.54) is 13.1 Å². The molecule has 86 valence electrons. The van der Waals surface area contributed by atoms with Crippen LogP contribution < -0.4 is 4.72 Å². The lowest BCUT2D eigenvalue weighted by Gasteiger charge is -2.03. The van der Waals surface area contributed by atoms with Gasteiger partial charge in [-0.15, -0.1) is 0 Å². The molecule has 0 atom stereocenters. The van der Waals surface area contributed by atoms with Crippen LogP contribution in [0.2, 0.25) is 0 Å². The summed E-state index contributed by atoms with van der Waals surface area (Å²) in [6.07, 6.45) is 0.